The maximum Gasteiger partial charge on any atom is 0.332 e. The number of fused-ring (bicyclic) bond motifs is 3. The maximum absolute atomic E-state index is 13.2. The summed E-state index contributed by atoms with van der Waals surface area (Å²) < 4.78 is 4.88. The Hall–Kier alpha value is -2.83. The van der Waals surface area contributed by atoms with E-state index in [1.165, 1.54) is 34.0 Å². The lowest BCUT2D eigenvalue weighted by Crippen LogP contribution is -2.39. The van der Waals surface area contributed by atoms with Gasteiger partial charge in [0, 0.05) is 32.4 Å². The highest BCUT2D eigenvalue weighted by molar-refractivity contribution is 5.77. The van der Waals surface area contributed by atoms with E-state index in [0.29, 0.717) is 24.3 Å². The summed E-state index contributed by atoms with van der Waals surface area (Å²) in [5, 5.41) is 0. The number of nitrogens with zero attached hydrogens (tertiary/aromatic N) is 5. The lowest BCUT2D eigenvalue weighted by Gasteiger charge is -2.16. The quantitative estimate of drug-likeness (QED) is 0.532. The molecular formula is C23H31N5O2. The molecule has 0 aliphatic carbocycles. The van der Waals surface area contributed by atoms with Gasteiger partial charge in [0.15, 0.2) is 11.2 Å². The normalized spacial score (nSPS) is 13.4. The van der Waals surface area contributed by atoms with E-state index in [-0.39, 0.29) is 11.2 Å². The molecule has 3 heterocycles. The summed E-state index contributed by atoms with van der Waals surface area (Å²) in [6, 6.07) is 8.29. The Morgan fingerprint density at radius 1 is 0.967 bits per heavy atom. The standard InChI is InChI=1S/C23H31N5O2/c1-4-5-6-7-8-9-14-28-21(29)19-20(25(3)23(28)30)24-22-26(15-16-27(19)22)18-12-10-17(2)11-13-18/h10-13H,4-9,14-16H2,1-3H3. The summed E-state index contributed by atoms with van der Waals surface area (Å²) >= 11 is 0. The molecule has 0 amide bonds. The minimum atomic E-state index is -0.278. The first-order valence-electron chi connectivity index (χ1n) is 11.1. The summed E-state index contributed by atoms with van der Waals surface area (Å²) in [7, 11) is 1.71. The molecule has 0 N–H and O–H groups in total. The van der Waals surface area contributed by atoms with E-state index in [0.717, 1.165) is 37.4 Å². The molecule has 7 heteroatoms. The van der Waals surface area contributed by atoms with Gasteiger partial charge in [-0.15, -0.1) is 0 Å². The summed E-state index contributed by atoms with van der Waals surface area (Å²) in [4.78, 5) is 32.9. The average Bonchev–Trinajstić information content (AvgIpc) is 3.31. The van der Waals surface area contributed by atoms with Crippen molar-refractivity contribution >= 4 is 22.8 Å². The maximum atomic E-state index is 13.2. The Labute approximate surface area is 176 Å². The van der Waals surface area contributed by atoms with Crippen LogP contribution in [0.3, 0.4) is 0 Å². The summed E-state index contributed by atoms with van der Waals surface area (Å²) in [5.41, 5.74) is 2.76. The van der Waals surface area contributed by atoms with Crippen molar-refractivity contribution in [1.29, 1.82) is 0 Å². The van der Waals surface area contributed by atoms with E-state index in [1.54, 1.807) is 7.05 Å². The molecule has 0 unspecified atom stereocenters. The Kier molecular flexibility index (Phi) is 5.79. The van der Waals surface area contributed by atoms with Gasteiger partial charge in [0.2, 0.25) is 5.95 Å². The number of aromatic nitrogens is 4. The van der Waals surface area contributed by atoms with Crippen LogP contribution in [0.1, 0.15) is 51.0 Å². The minimum Gasteiger partial charge on any atom is -0.310 e. The summed E-state index contributed by atoms with van der Waals surface area (Å²) in [6.45, 7) is 6.18. The lowest BCUT2D eigenvalue weighted by molar-refractivity contribution is 0.526. The zero-order valence-corrected chi connectivity index (χ0v) is 18.2. The second-order valence-electron chi connectivity index (χ2n) is 8.29. The van der Waals surface area contributed by atoms with Crippen LogP contribution in [0.15, 0.2) is 33.9 Å². The van der Waals surface area contributed by atoms with Gasteiger partial charge >= 0.3 is 5.69 Å². The number of anilines is 2. The summed E-state index contributed by atoms with van der Waals surface area (Å²) in [5.74, 6) is 0.735. The molecule has 1 aliphatic heterocycles. The Morgan fingerprint density at radius 2 is 1.67 bits per heavy atom. The third-order valence-corrected chi connectivity index (χ3v) is 6.08. The van der Waals surface area contributed by atoms with Crippen molar-refractivity contribution in [2.45, 2.75) is 65.5 Å². The number of hydrogen-bond donors (Lipinski definition) is 0. The van der Waals surface area contributed by atoms with Crippen LogP contribution in [0.5, 0.6) is 0 Å². The van der Waals surface area contributed by atoms with Crippen LogP contribution in [0.2, 0.25) is 0 Å². The molecule has 160 valence electrons. The SMILES string of the molecule is CCCCCCCCn1c(=O)c2c(nc3n2CCN3c2ccc(C)cc2)n(C)c1=O. The fraction of sp³-hybridized carbons (Fsp3) is 0.522. The predicted octanol–water partition coefficient (Wildman–Crippen LogP) is 3.72. The molecule has 0 spiro atoms. The molecule has 0 atom stereocenters. The zero-order chi connectivity index (χ0) is 21.3. The second kappa shape index (κ2) is 8.50. The third kappa shape index (κ3) is 3.57. The lowest BCUT2D eigenvalue weighted by atomic mass is 10.1. The van der Waals surface area contributed by atoms with Crippen molar-refractivity contribution in [3.8, 4) is 0 Å². The summed E-state index contributed by atoms with van der Waals surface area (Å²) in [6.07, 6.45) is 6.71. The van der Waals surface area contributed by atoms with Crippen LogP contribution in [0, 0.1) is 6.92 Å². The first-order valence-corrected chi connectivity index (χ1v) is 11.1. The van der Waals surface area contributed by atoms with Gasteiger partial charge in [0.25, 0.3) is 5.56 Å². The molecular weight excluding hydrogens is 378 g/mol. The largest absolute Gasteiger partial charge is 0.332 e. The van der Waals surface area contributed by atoms with Crippen LogP contribution < -0.4 is 16.1 Å². The average molecular weight is 410 g/mol. The molecule has 1 aromatic carbocycles. The van der Waals surface area contributed by atoms with Crippen LogP contribution in [-0.4, -0.2) is 25.2 Å². The van der Waals surface area contributed by atoms with Crippen molar-refractivity contribution in [1.82, 2.24) is 18.7 Å². The molecule has 0 saturated carbocycles. The highest BCUT2D eigenvalue weighted by Gasteiger charge is 2.28. The second-order valence-corrected chi connectivity index (χ2v) is 8.29. The van der Waals surface area contributed by atoms with E-state index in [1.807, 2.05) is 4.57 Å². The Balaban J connectivity index is 1.67. The van der Waals surface area contributed by atoms with E-state index in [4.69, 9.17) is 4.98 Å². The molecule has 7 nitrogen and oxygen atoms in total. The van der Waals surface area contributed by atoms with E-state index in [2.05, 4.69) is 43.0 Å². The molecule has 0 fully saturated rings. The number of hydrogen-bond acceptors (Lipinski definition) is 4. The van der Waals surface area contributed by atoms with Crippen molar-refractivity contribution in [3.63, 3.8) is 0 Å². The molecule has 2 aromatic heterocycles. The van der Waals surface area contributed by atoms with Crippen LogP contribution in [-0.2, 0) is 20.1 Å². The topological polar surface area (TPSA) is 65.1 Å². The van der Waals surface area contributed by atoms with Gasteiger partial charge in [0.1, 0.15) is 0 Å². The molecule has 4 rings (SSSR count). The zero-order valence-electron chi connectivity index (χ0n) is 18.2. The van der Waals surface area contributed by atoms with Crippen molar-refractivity contribution in [2.24, 2.45) is 7.05 Å². The van der Waals surface area contributed by atoms with E-state index < -0.39 is 0 Å². The monoisotopic (exact) mass is 409 g/mol. The van der Waals surface area contributed by atoms with Crippen molar-refractivity contribution in [3.05, 3.63) is 50.7 Å². The fourth-order valence-electron chi connectivity index (χ4n) is 4.29. The van der Waals surface area contributed by atoms with Gasteiger partial charge in [-0.2, -0.15) is 4.98 Å². The molecule has 0 bridgehead atoms. The van der Waals surface area contributed by atoms with Gasteiger partial charge in [-0.05, 0) is 25.5 Å². The first-order chi connectivity index (χ1) is 14.5. The fourth-order valence-corrected chi connectivity index (χ4v) is 4.29. The molecule has 1 aliphatic rings. The van der Waals surface area contributed by atoms with Gasteiger partial charge < -0.3 is 9.47 Å². The highest BCUT2D eigenvalue weighted by Crippen LogP contribution is 2.31. The highest BCUT2D eigenvalue weighted by atomic mass is 16.2. The molecule has 0 saturated heterocycles. The molecule has 30 heavy (non-hydrogen) atoms. The number of imidazole rings is 1. The van der Waals surface area contributed by atoms with Crippen LogP contribution >= 0.6 is 0 Å². The molecule has 3 aromatic rings. The van der Waals surface area contributed by atoms with Crippen LogP contribution in [0.25, 0.3) is 11.2 Å². The van der Waals surface area contributed by atoms with E-state index in [9.17, 15) is 9.59 Å². The number of unbranched alkanes of at least 4 members (excludes halogenated alkanes) is 5. The van der Waals surface area contributed by atoms with Crippen molar-refractivity contribution < 1.29 is 0 Å². The Morgan fingerprint density at radius 3 is 2.40 bits per heavy atom. The minimum absolute atomic E-state index is 0.217. The van der Waals surface area contributed by atoms with Crippen molar-refractivity contribution in [2.75, 3.05) is 11.4 Å². The number of aryl methyl sites for hydroxylation is 2. The third-order valence-electron chi connectivity index (χ3n) is 6.08. The van der Waals surface area contributed by atoms with Gasteiger partial charge in [-0.1, -0.05) is 56.7 Å². The van der Waals surface area contributed by atoms with Gasteiger partial charge in [-0.25, -0.2) is 4.79 Å². The van der Waals surface area contributed by atoms with Gasteiger partial charge in [0.05, 0.1) is 0 Å². The van der Waals surface area contributed by atoms with E-state index >= 15 is 0 Å². The van der Waals surface area contributed by atoms with Gasteiger partial charge in [-0.3, -0.25) is 13.9 Å². The van der Waals surface area contributed by atoms with Crippen LogP contribution in [0.4, 0.5) is 11.6 Å². The number of rotatable bonds is 8. The molecule has 0 radical (unpaired) electrons. The predicted molar refractivity (Wildman–Crippen MR) is 121 cm³/mol. The number of benzene rings is 1. The Bertz CT molecular complexity index is 1150. The first kappa shape index (κ1) is 20.4. The smallest absolute Gasteiger partial charge is 0.310 e.